The fraction of sp³-hybridized carbons (Fsp3) is 0.619. The highest BCUT2D eigenvalue weighted by molar-refractivity contribution is 5.57. The van der Waals surface area contributed by atoms with Crippen LogP contribution in [0.25, 0.3) is 0 Å². The van der Waals surface area contributed by atoms with Crippen LogP contribution in [0, 0.1) is 12.8 Å². The Bertz CT molecular complexity index is 600. The first kappa shape index (κ1) is 18.9. The monoisotopic (exact) mass is 332 g/mol. The van der Waals surface area contributed by atoms with Crippen LogP contribution >= 0.6 is 0 Å². The maximum atomic E-state index is 10.4. The molecule has 0 aliphatic heterocycles. The van der Waals surface area contributed by atoms with Crippen molar-refractivity contribution in [2.75, 3.05) is 13.7 Å². The quantitative estimate of drug-likeness (QED) is 0.717. The lowest BCUT2D eigenvalue weighted by Gasteiger charge is -2.36. The second-order valence-corrected chi connectivity index (χ2v) is 7.46. The lowest BCUT2D eigenvalue weighted by Crippen LogP contribution is -2.23. The molecule has 3 atom stereocenters. The van der Waals surface area contributed by atoms with Gasteiger partial charge < -0.3 is 14.9 Å². The van der Waals surface area contributed by atoms with E-state index in [0.717, 1.165) is 36.8 Å². The summed E-state index contributed by atoms with van der Waals surface area (Å²) >= 11 is 0. The van der Waals surface area contributed by atoms with Crippen LogP contribution in [0.3, 0.4) is 0 Å². The molecular weight excluding hydrogens is 300 g/mol. The number of hydrogen-bond acceptors (Lipinski definition) is 3. The summed E-state index contributed by atoms with van der Waals surface area (Å²) in [5.74, 6) is 1.84. The Balaban J connectivity index is 2.40. The number of aromatic hydroxyl groups is 1. The number of fused-ring (bicyclic) bond motifs is 1. The predicted molar refractivity (Wildman–Crippen MR) is 99.0 cm³/mol. The van der Waals surface area contributed by atoms with Crippen LogP contribution in [-0.2, 0) is 0 Å². The third-order valence-corrected chi connectivity index (χ3v) is 5.42. The summed E-state index contributed by atoms with van der Waals surface area (Å²) < 4.78 is 5.55. The van der Waals surface area contributed by atoms with Gasteiger partial charge in [-0.05, 0) is 75.3 Å². The molecule has 0 aromatic heterocycles. The van der Waals surface area contributed by atoms with Gasteiger partial charge in [-0.2, -0.15) is 0 Å². The van der Waals surface area contributed by atoms with E-state index >= 15 is 0 Å². The topological polar surface area (TPSA) is 49.7 Å². The van der Waals surface area contributed by atoms with Crippen molar-refractivity contribution in [3.05, 3.63) is 34.4 Å². The summed E-state index contributed by atoms with van der Waals surface area (Å²) in [5, 5.41) is 20.4. The fourth-order valence-electron chi connectivity index (χ4n) is 4.06. The largest absolute Gasteiger partial charge is 0.504 e. The molecule has 1 aromatic carbocycles. The number of phenolic OH excluding ortho intramolecular Hbond substituents is 1. The molecule has 0 radical (unpaired) electrons. The van der Waals surface area contributed by atoms with Gasteiger partial charge in [-0.15, -0.1) is 0 Å². The first-order valence-corrected chi connectivity index (χ1v) is 9.05. The number of rotatable bonds is 6. The molecule has 0 bridgehead atoms. The van der Waals surface area contributed by atoms with Crippen LogP contribution in [0.1, 0.15) is 75.0 Å². The molecule has 134 valence electrons. The average Bonchev–Trinajstić information content (AvgIpc) is 2.54. The molecule has 0 spiro atoms. The van der Waals surface area contributed by atoms with E-state index in [4.69, 9.17) is 4.74 Å². The van der Waals surface area contributed by atoms with Crippen LogP contribution in [-0.4, -0.2) is 23.9 Å². The molecule has 2 N–H and O–H groups in total. The second-order valence-electron chi connectivity index (χ2n) is 7.46. The molecule has 0 amide bonds. The van der Waals surface area contributed by atoms with Gasteiger partial charge in [0.1, 0.15) is 0 Å². The van der Waals surface area contributed by atoms with Crippen molar-refractivity contribution < 1.29 is 14.9 Å². The molecule has 1 aliphatic carbocycles. The van der Waals surface area contributed by atoms with Crippen molar-refractivity contribution in [1.29, 1.82) is 0 Å². The Hall–Kier alpha value is -1.48. The van der Waals surface area contributed by atoms with Gasteiger partial charge in [-0.1, -0.05) is 24.6 Å². The van der Waals surface area contributed by atoms with E-state index in [-0.39, 0.29) is 18.3 Å². The van der Waals surface area contributed by atoms with Gasteiger partial charge in [0.05, 0.1) is 7.11 Å². The van der Waals surface area contributed by atoms with E-state index in [1.807, 2.05) is 6.92 Å². The van der Waals surface area contributed by atoms with Crippen molar-refractivity contribution in [1.82, 2.24) is 0 Å². The Morgan fingerprint density at radius 2 is 2.08 bits per heavy atom. The number of hydrogen-bond donors (Lipinski definition) is 2. The summed E-state index contributed by atoms with van der Waals surface area (Å²) in [5.41, 5.74) is 4.58. The molecule has 0 saturated carbocycles. The van der Waals surface area contributed by atoms with Gasteiger partial charge in [-0.3, -0.25) is 0 Å². The van der Waals surface area contributed by atoms with Crippen LogP contribution in [0.4, 0.5) is 0 Å². The summed E-state index contributed by atoms with van der Waals surface area (Å²) in [6.45, 7) is 8.55. The fourth-order valence-corrected chi connectivity index (χ4v) is 4.06. The number of allylic oxidation sites excluding steroid dienone is 2. The average molecular weight is 332 g/mol. The molecule has 1 aromatic rings. The standard InChI is InChI=1S/C21H32O3/c1-13(2)7-6-8-16(12-22)17-10-9-14(3)19-18(17)11-15(4)20(23)21(19)24-5/h7,11,14,16-17,22-23H,6,8-10,12H2,1-5H3/t14-,16-,17+/m1/s1. The zero-order valence-electron chi connectivity index (χ0n) is 15.7. The van der Waals surface area contributed by atoms with Crippen LogP contribution < -0.4 is 4.74 Å². The maximum absolute atomic E-state index is 10.4. The number of aliphatic hydroxyl groups excluding tert-OH is 1. The maximum Gasteiger partial charge on any atom is 0.164 e. The molecule has 0 heterocycles. The SMILES string of the molecule is COc1c(O)c(C)cc2c1[C@H](C)CC[C@H]2[C@@H](CO)CCC=C(C)C. The number of ether oxygens (including phenoxy) is 1. The van der Waals surface area contributed by atoms with Gasteiger partial charge in [0.2, 0.25) is 0 Å². The van der Waals surface area contributed by atoms with Crippen LogP contribution in [0.15, 0.2) is 17.7 Å². The predicted octanol–water partition coefficient (Wildman–Crippen LogP) is 5.05. The van der Waals surface area contributed by atoms with Gasteiger partial charge >= 0.3 is 0 Å². The zero-order valence-corrected chi connectivity index (χ0v) is 15.7. The highest BCUT2D eigenvalue weighted by Crippen LogP contribution is 2.50. The number of phenols is 1. The molecular formula is C21H32O3. The normalized spacial score (nSPS) is 21.1. The Morgan fingerprint density at radius 3 is 2.67 bits per heavy atom. The van der Waals surface area contributed by atoms with Crippen molar-refractivity contribution in [2.45, 2.75) is 65.2 Å². The van der Waals surface area contributed by atoms with Gasteiger partial charge in [-0.25, -0.2) is 0 Å². The van der Waals surface area contributed by atoms with Gasteiger partial charge in [0, 0.05) is 12.2 Å². The first-order valence-electron chi connectivity index (χ1n) is 9.05. The Labute approximate surface area is 146 Å². The number of aryl methyl sites for hydroxylation is 1. The Kier molecular flexibility index (Phi) is 6.34. The lowest BCUT2D eigenvalue weighted by molar-refractivity contribution is 0.185. The van der Waals surface area contributed by atoms with Crippen molar-refractivity contribution >= 4 is 0 Å². The third-order valence-electron chi connectivity index (χ3n) is 5.42. The van der Waals surface area contributed by atoms with Gasteiger partial charge in [0.25, 0.3) is 0 Å². The lowest BCUT2D eigenvalue weighted by atomic mass is 9.70. The van der Waals surface area contributed by atoms with Crippen molar-refractivity contribution in [3.63, 3.8) is 0 Å². The molecule has 0 unspecified atom stereocenters. The number of aliphatic hydroxyl groups is 1. The molecule has 3 nitrogen and oxygen atoms in total. The summed E-state index contributed by atoms with van der Waals surface area (Å²) in [6.07, 6.45) is 6.39. The number of methoxy groups -OCH3 is 1. The van der Waals surface area contributed by atoms with Crippen molar-refractivity contribution in [2.24, 2.45) is 5.92 Å². The van der Waals surface area contributed by atoms with E-state index < -0.39 is 0 Å². The molecule has 1 aliphatic rings. The van der Waals surface area contributed by atoms with Crippen molar-refractivity contribution in [3.8, 4) is 11.5 Å². The highest BCUT2D eigenvalue weighted by atomic mass is 16.5. The zero-order chi connectivity index (χ0) is 17.9. The summed E-state index contributed by atoms with van der Waals surface area (Å²) in [6, 6.07) is 2.11. The highest BCUT2D eigenvalue weighted by Gasteiger charge is 2.33. The van der Waals surface area contributed by atoms with E-state index in [1.54, 1.807) is 7.11 Å². The molecule has 0 saturated heterocycles. The second kappa shape index (κ2) is 8.06. The van der Waals surface area contributed by atoms with Crippen LogP contribution in [0.2, 0.25) is 0 Å². The smallest absolute Gasteiger partial charge is 0.164 e. The van der Waals surface area contributed by atoms with Gasteiger partial charge in [0.15, 0.2) is 11.5 Å². The summed E-state index contributed by atoms with van der Waals surface area (Å²) in [7, 11) is 1.63. The minimum atomic E-state index is 0.206. The van der Waals surface area contributed by atoms with E-state index in [0.29, 0.717) is 17.6 Å². The number of benzene rings is 1. The molecule has 3 heteroatoms. The minimum absolute atomic E-state index is 0.206. The molecule has 0 fully saturated rings. The molecule has 2 rings (SSSR count). The van der Waals surface area contributed by atoms with Crippen LogP contribution in [0.5, 0.6) is 11.5 Å². The summed E-state index contributed by atoms with van der Waals surface area (Å²) in [4.78, 5) is 0. The van der Waals surface area contributed by atoms with E-state index in [9.17, 15) is 10.2 Å². The Morgan fingerprint density at radius 1 is 1.38 bits per heavy atom. The van der Waals surface area contributed by atoms with E-state index in [2.05, 4.69) is 32.9 Å². The minimum Gasteiger partial charge on any atom is -0.504 e. The third kappa shape index (κ3) is 3.77. The molecule has 24 heavy (non-hydrogen) atoms. The first-order chi connectivity index (χ1) is 11.4. The van der Waals surface area contributed by atoms with E-state index in [1.165, 1.54) is 11.1 Å².